The molecule has 0 bridgehead atoms. The van der Waals surface area contributed by atoms with E-state index in [0.717, 1.165) is 31.9 Å². The number of hydrogen-bond donors (Lipinski definition) is 2. The Hall–Kier alpha value is -2.56. The predicted molar refractivity (Wildman–Crippen MR) is 103 cm³/mol. The summed E-state index contributed by atoms with van der Waals surface area (Å²) >= 11 is 0. The Morgan fingerprint density at radius 1 is 1.27 bits per heavy atom. The van der Waals surface area contributed by atoms with Crippen LogP contribution in [0.3, 0.4) is 0 Å². The van der Waals surface area contributed by atoms with Crippen LogP contribution >= 0.6 is 0 Å². The first-order valence-electron chi connectivity index (χ1n) is 8.81. The van der Waals surface area contributed by atoms with Crippen LogP contribution in [-0.4, -0.2) is 64.3 Å². The van der Waals surface area contributed by atoms with Gasteiger partial charge in [-0.2, -0.15) is 5.26 Å². The SMILES string of the molecule is COCCCNC(=O)/C(C#N)=C\Nc1ccc(N2CCN(C)CC2)cc1. The Morgan fingerprint density at radius 3 is 2.58 bits per heavy atom. The second-order valence-electron chi connectivity index (χ2n) is 6.25. The molecule has 0 unspecified atom stereocenters. The van der Waals surface area contributed by atoms with Gasteiger partial charge in [-0.3, -0.25) is 4.79 Å². The average Bonchev–Trinajstić information content (AvgIpc) is 2.67. The summed E-state index contributed by atoms with van der Waals surface area (Å²) in [7, 11) is 3.75. The van der Waals surface area contributed by atoms with E-state index in [-0.39, 0.29) is 11.5 Å². The third-order valence-corrected chi connectivity index (χ3v) is 4.29. The highest BCUT2D eigenvalue weighted by Gasteiger charge is 2.14. The highest BCUT2D eigenvalue weighted by Crippen LogP contribution is 2.19. The number of hydrogen-bond acceptors (Lipinski definition) is 6. The van der Waals surface area contributed by atoms with Crippen molar-refractivity contribution in [1.29, 1.82) is 5.26 Å². The van der Waals surface area contributed by atoms with E-state index in [1.165, 1.54) is 11.9 Å². The molecule has 7 nitrogen and oxygen atoms in total. The molecule has 1 amide bonds. The lowest BCUT2D eigenvalue weighted by atomic mass is 10.2. The van der Waals surface area contributed by atoms with Crippen LogP contribution in [0.2, 0.25) is 0 Å². The number of anilines is 2. The van der Waals surface area contributed by atoms with Crippen LogP contribution in [0.4, 0.5) is 11.4 Å². The molecular formula is C19H27N5O2. The lowest BCUT2D eigenvalue weighted by Crippen LogP contribution is -2.44. The fourth-order valence-electron chi connectivity index (χ4n) is 2.65. The number of amides is 1. The normalized spacial score (nSPS) is 15.4. The van der Waals surface area contributed by atoms with E-state index in [4.69, 9.17) is 10.00 Å². The summed E-state index contributed by atoms with van der Waals surface area (Å²) in [5.41, 5.74) is 2.07. The van der Waals surface area contributed by atoms with Crippen molar-refractivity contribution in [2.45, 2.75) is 6.42 Å². The van der Waals surface area contributed by atoms with E-state index in [1.807, 2.05) is 18.2 Å². The number of ether oxygens (including phenoxy) is 1. The van der Waals surface area contributed by atoms with Gasteiger partial charge in [0, 0.05) is 64.0 Å². The fourth-order valence-corrected chi connectivity index (χ4v) is 2.65. The molecule has 26 heavy (non-hydrogen) atoms. The number of nitrogens with zero attached hydrogens (tertiary/aromatic N) is 3. The van der Waals surface area contributed by atoms with Gasteiger partial charge < -0.3 is 25.2 Å². The van der Waals surface area contributed by atoms with E-state index >= 15 is 0 Å². The first-order valence-corrected chi connectivity index (χ1v) is 8.81. The fraction of sp³-hybridized carbons (Fsp3) is 0.474. The highest BCUT2D eigenvalue weighted by molar-refractivity contribution is 5.97. The lowest BCUT2D eigenvalue weighted by Gasteiger charge is -2.34. The van der Waals surface area contributed by atoms with Crippen molar-refractivity contribution >= 4 is 17.3 Å². The number of carbonyl (C=O) groups is 1. The van der Waals surface area contributed by atoms with Crippen LogP contribution in [0.5, 0.6) is 0 Å². The second-order valence-corrected chi connectivity index (χ2v) is 6.25. The minimum atomic E-state index is -0.384. The van der Waals surface area contributed by atoms with Crippen LogP contribution < -0.4 is 15.5 Å². The van der Waals surface area contributed by atoms with Gasteiger partial charge in [-0.15, -0.1) is 0 Å². The van der Waals surface area contributed by atoms with Gasteiger partial charge in [0.25, 0.3) is 5.91 Å². The van der Waals surface area contributed by atoms with Crippen molar-refractivity contribution < 1.29 is 9.53 Å². The third kappa shape index (κ3) is 6.06. The maximum absolute atomic E-state index is 12.0. The zero-order chi connectivity index (χ0) is 18.8. The Labute approximate surface area is 155 Å². The molecule has 0 saturated carbocycles. The molecule has 1 saturated heterocycles. The molecule has 0 spiro atoms. The van der Waals surface area contributed by atoms with Gasteiger partial charge in [0.2, 0.25) is 0 Å². The zero-order valence-electron chi connectivity index (χ0n) is 15.5. The van der Waals surface area contributed by atoms with Crippen molar-refractivity contribution in [3.05, 3.63) is 36.0 Å². The van der Waals surface area contributed by atoms with Crippen LogP contribution in [0.25, 0.3) is 0 Å². The standard InChI is InChI=1S/C19H27N5O2/c1-23-9-11-24(12-10-23)18-6-4-17(5-7-18)22-15-16(14-20)19(25)21-8-3-13-26-2/h4-7,15,22H,3,8-13H2,1-2H3,(H,21,25)/b16-15-. The molecule has 7 heteroatoms. The average molecular weight is 357 g/mol. The maximum Gasteiger partial charge on any atom is 0.263 e. The van der Waals surface area contributed by atoms with Crippen molar-refractivity contribution in [2.75, 3.05) is 63.7 Å². The number of methoxy groups -OCH3 is 1. The lowest BCUT2D eigenvalue weighted by molar-refractivity contribution is -0.117. The van der Waals surface area contributed by atoms with Gasteiger partial charge in [-0.1, -0.05) is 0 Å². The summed E-state index contributed by atoms with van der Waals surface area (Å²) in [6.45, 7) is 5.22. The van der Waals surface area contributed by atoms with Gasteiger partial charge in [0.05, 0.1) is 0 Å². The van der Waals surface area contributed by atoms with Crippen molar-refractivity contribution in [1.82, 2.24) is 10.2 Å². The number of piperazine rings is 1. The summed E-state index contributed by atoms with van der Waals surface area (Å²) in [4.78, 5) is 16.6. The second kappa shape index (κ2) is 10.4. The van der Waals surface area contributed by atoms with Crippen LogP contribution in [-0.2, 0) is 9.53 Å². The number of carbonyl (C=O) groups excluding carboxylic acids is 1. The van der Waals surface area contributed by atoms with Gasteiger partial charge in [-0.05, 0) is 37.7 Å². The number of likely N-dealkylation sites (N-methyl/N-ethyl adjacent to an activating group) is 1. The number of rotatable bonds is 8. The largest absolute Gasteiger partial charge is 0.385 e. The molecule has 1 aromatic rings. The minimum absolute atomic E-state index is 0.0468. The summed E-state index contributed by atoms with van der Waals surface area (Å²) in [6, 6.07) is 9.94. The number of benzene rings is 1. The zero-order valence-corrected chi connectivity index (χ0v) is 15.5. The van der Waals surface area contributed by atoms with E-state index < -0.39 is 0 Å². The maximum atomic E-state index is 12.0. The molecule has 1 fully saturated rings. The van der Waals surface area contributed by atoms with Crippen molar-refractivity contribution in [3.63, 3.8) is 0 Å². The molecule has 1 aliphatic heterocycles. The van der Waals surface area contributed by atoms with Crippen molar-refractivity contribution in [3.8, 4) is 6.07 Å². The molecule has 0 radical (unpaired) electrons. The van der Waals surface area contributed by atoms with Crippen LogP contribution in [0.15, 0.2) is 36.0 Å². The van der Waals surface area contributed by atoms with Gasteiger partial charge >= 0.3 is 0 Å². The Bertz CT molecular complexity index is 643. The summed E-state index contributed by atoms with van der Waals surface area (Å²) in [6.07, 6.45) is 2.15. The third-order valence-electron chi connectivity index (χ3n) is 4.29. The van der Waals surface area contributed by atoms with Gasteiger partial charge in [0.15, 0.2) is 0 Å². The van der Waals surface area contributed by atoms with E-state index in [0.29, 0.717) is 19.6 Å². The van der Waals surface area contributed by atoms with Gasteiger partial charge in [-0.25, -0.2) is 0 Å². The molecule has 1 aromatic carbocycles. The molecule has 0 aromatic heterocycles. The number of nitrogens with one attached hydrogen (secondary N) is 2. The number of nitriles is 1. The summed E-state index contributed by atoms with van der Waals surface area (Å²) < 4.78 is 4.93. The Kier molecular flexibility index (Phi) is 7.93. The summed E-state index contributed by atoms with van der Waals surface area (Å²) in [5, 5.41) is 14.9. The predicted octanol–water partition coefficient (Wildman–Crippen LogP) is 1.41. The van der Waals surface area contributed by atoms with E-state index in [1.54, 1.807) is 7.11 Å². The quantitative estimate of drug-likeness (QED) is 0.416. The Balaban J connectivity index is 1.87. The molecule has 1 aliphatic rings. The van der Waals surface area contributed by atoms with E-state index in [2.05, 4.69) is 39.6 Å². The van der Waals surface area contributed by atoms with Gasteiger partial charge in [0.1, 0.15) is 11.6 Å². The minimum Gasteiger partial charge on any atom is -0.385 e. The molecule has 140 valence electrons. The first-order chi connectivity index (χ1) is 12.6. The Morgan fingerprint density at radius 2 is 1.96 bits per heavy atom. The molecule has 1 heterocycles. The van der Waals surface area contributed by atoms with E-state index in [9.17, 15) is 4.79 Å². The van der Waals surface area contributed by atoms with Crippen LogP contribution in [0.1, 0.15) is 6.42 Å². The molecule has 0 aliphatic carbocycles. The highest BCUT2D eigenvalue weighted by atomic mass is 16.5. The topological polar surface area (TPSA) is 80.6 Å². The monoisotopic (exact) mass is 357 g/mol. The van der Waals surface area contributed by atoms with Crippen molar-refractivity contribution in [2.24, 2.45) is 0 Å². The molecular weight excluding hydrogens is 330 g/mol. The first kappa shape index (κ1) is 19.8. The molecule has 2 N–H and O–H groups in total. The smallest absolute Gasteiger partial charge is 0.263 e. The molecule has 0 atom stereocenters. The van der Waals surface area contributed by atoms with Crippen LogP contribution in [0, 0.1) is 11.3 Å². The summed E-state index contributed by atoms with van der Waals surface area (Å²) in [5.74, 6) is -0.384. The molecule has 2 rings (SSSR count).